The second kappa shape index (κ2) is 15.7. The SMILES string of the molecule is C[CH2][Sn][CH2]C.[Cl-].[Cl-]. The third-order valence-electron chi connectivity index (χ3n) is 0.500. The first kappa shape index (κ1) is 15.8. The summed E-state index contributed by atoms with van der Waals surface area (Å²) >= 11 is 0.218. The first-order chi connectivity index (χ1) is 2.41. The Morgan fingerprint density at radius 2 is 1.29 bits per heavy atom. The molecule has 0 rings (SSSR count). The molecule has 0 aliphatic carbocycles. The fraction of sp³-hybridized carbons (Fsp3) is 1.00. The Hall–Kier alpha value is 1.38. The minimum Gasteiger partial charge on any atom is -1.00 e. The Bertz CT molecular complexity index is 17.2. The van der Waals surface area contributed by atoms with Crippen LogP contribution in [0.15, 0.2) is 0 Å². The Morgan fingerprint density at radius 3 is 1.29 bits per heavy atom. The van der Waals surface area contributed by atoms with Crippen LogP contribution in [0, 0.1) is 0 Å². The molecule has 7 heavy (non-hydrogen) atoms. The number of halogens is 2. The summed E-state index contributed by atoms with van der Waals surface area (Å²) < 4.78 is 3.03. The standard InChI is InChI=1S/2C2H5.2ClH.Sn/c2*1-2;;;/h2*1H2,2H3;2*1H;/p-2. The summed E-state index contributed by atoms with van der Waals surface area (Å²) in [7, 11) is 0. The predicted molar refractivity (Wildman–Crippen MR) is 26.7 cm³/mol. The molecule has 46 valence electrons. The topological polar surface area (TPSA) is 0 Å². The van der Waals surface area contributed by atoms with Gasteiger partial charge >= 0.3 is 43.9 Å². The molecule has 0 aromatic heterocycles. The van der Waals surface area contributed by atoms with Crippen molar-refractivity contribution >= 4 is 21.1 Å². The van der Waals surface area contributed by atoms with Gasteiger partial charge in [0.05, 0.1) is 0 Å². The molecule has 0 aromatic carbocycles. The molecule has 0 bridgehead atoms. The first-order valence-electron chi connectivity index (χ1n) is 2.12. The molecular formula is C4H10Cl2Sn-2. The predicted octanol–water partition coefficient (Wildman–Crippen LogP) is -4.42. The van der Waals surface area contributed by atoms with E-state index < -0.39 is 0 Å². The number of hydrogen-bond donors (Lipinski definition) is 0. The van der Waals surface area contributed by atoms with Crippen molar-refractivity contribution in [2.75, 3.05) is 0 Å². The van der Waals surface area contributed by atoms with E-state index in [-0.39, 0.29) is 46.0 Å². The van der Waals surface area contributed by atoms with E-state index in [0.717, 1.165) is 0 Å². The van der Waals surface area contributed by atoms with Gasteiger partial charge in [0.25, 0.3) is 0 Å². The van der Waals surface area contributed by atoms with E-state index in [1.54, 1.807) is 0 Å². The summed E-state index contributed by atoms with van der Waals surface area (Å²) in [6.45, 7) is 4.57. The van der Waals surface area contributed by atoms with Crippen LogP contribution < -0.4 is 24.8 Å². The number of hydrogen-bond acceptors (Lipinski definition) is 0. The van der Waals surface area contributed by atoms with Crippen LogP contribution in [0.5, 0.6) is 0 Å². The third-order valence-corrected chi connectivity index (χ3v) is 3.35. The molecule has 0 unspecified atom stereocenters. The molecule has 0 aliphatic rings. The van der Waals surface area contributed by atoms with Gasteiger partial charge in [-0.3, -0.25) is 0 Å². The molecule has 0 aromatic rings. The van der Waals surface area contributed by atoms with Crippen molar-refractivity contribution in [1.82, 2.24) is 0 Å². The maximum absolute atomic E-state index is 2.29. The van der Waals surface area contributed by atoms with Gasteiger partial charge in [0.2, 0.25) is 0 Å². The molecular weight excluding hydrogens is 238 g/mol. The molecule has 0 saturated carbocycles. The van der Waals surface area contributed by atoms with Crippen LogP contribution in [-0.2, 0) is 0 Å². The summed E-state index contributed by atoms with van der Waals surface area (Å²) in [5.41, 5.74) is 0. The van der Waals surface area contributed by atoms with Gasteiger partial charge in [0, 0.05) is 0 Å². The van der Waals surface area contributed by atoms with E-state index >= 15 is 0 Å². The van der Waals surface area contributed by atoms with E-state index in [1.807, 2.05) is 0 Å². The van der Waals surface area contributed by atoms with Crippen molar-refractivity contribution in [3.05, 3.63) is 0 Å². The van der Waals surface area contributed by atoms with E-state index in [9.17, 15) is 0 Å². The summed E-state index contributed by atoms with van der Waals surface area (Å²) in [6.07, 6.45) is 0. The van der Waals surface area contributed by atoms with Crippen LogP contribution in [0.2, 0.25) is 8.87 Å². The summed E-state index contributed by atoms with van der Waals surface area (Å²) in [4.78, 5) is 0. The molecule has 0 heterocycles. The minimum atomic E-state index is 0. The zero-order valence-corrected chi connectivity index (χ0v) is 9.04. The maximum Gasteiger partial charge on any atom is -1.00 e. The van der Waals surface area contributed by atoms with E-state index in [1.165, 1.54) is 8.87 Å². The second-order valence-electron chi connectivity index (χ2n) is 0.957. The van der Waals surface area contributed by atoms with Gasteiger partial charge in [-0.1, -0.05) is 0 Å². The fourth-order valence-electron chi connectivity index (χ4n) is 0.250. The second-order valence-corrected chi connectivity index (χ2v) is 6.42. The van der Waals surface area contributed by atoms with Gasteiger partial charge in [-0.25, -0.2) is 0 Å². The fourth-order valence-corrected chi connectivity index (χ4v) is 1.68. The normalized spacial score (nSPS) is 6.00. The van der Waals surface area contributed by atoms with Gasteiger partial charge in [0.15, 0.2) is 0 Å². The quantitative estimate of drug-likeness (QED) is 0.432. The maximum atomic E-state index is 2.29. The molecule has 0 amide bonds. The zero-order chi connectivity index (χ0) is 4.12. The third kappa shape index (κ3) is 18.7. The Morgan fingerprint density at radius 1 is 1.00 bits per heavy atom. The van der Waals surface area contributed by atoms with Gasteiger partial charge in [-0.2, -0.15) is 0 Å². The van der Waals surface area contributed by atoms with Crippen LogP contribution in [0.25, 0.3) is 0 Å². The van der Waals surface area contributed by atoms with Crippen LogP contribution in [0.3, 0.4) is 0 Å². The van der Waals surface area contributed by atoms with E-state index in [2.05, 4.69) is 13.8 Å². The van der Waals surface area contributed by atoms with Crippen LogP contribution in [0.1, 0.15) is 13.8 Å². The molecule has 0 aliphatic heterocycles. The van der Waals surface area contributed by atoms with Crippen molar-refractivity contribution in [2.45, 2.75) is 22.7 Å². The van der Waals surface area contributed by atoms with Gasteiger partial charge in [-0.15, -0.1) is 0 Å². The summed E-state index contributed by atoms with van der Waals surface area (Å²) in [5, 5.41) is 0. The molecule has 0 N–H and O–H groups in total. The monoisotopic (exact) mass is 248 g/mol. The van der Waals surface area contributed by atoms with E-state index in [4.69, 9.17) is 0 Å². The molecule has 0 spiro atoms. The number of rotatable bonds is 2. The van der Waals surface area contributed by atoms with Crippen molar-refractivity contribution in [1.29, 1.82) is 0 Å². The van der Waals surface area contributed by atoms with Crippen LogP contribution in [0.4, 0.5) is 0 Å². The van der Waals surface area contributed by atoms with Gasteiger partial charge in [-0.05, 0) is 0 Å². The average molecular weight is 248 g/mol. The average Bonchev–Trinajstić information content (AvgIpc) is 1.41. The van der Waals surface area contributed by atoms with Crippen LogP contribution >= 0.6 is 0 Å². The van der Waals surface area contributed by atoms with Crippen molar-refractivity contribution in [3.63, 3.8) is 0 Å². The summed E-state index contributed by atoms with van der Waals surface area (Å²) in [6, 6.07) is 0. The Balaban J connectivity index is -0.0000000800. The smallest absolute Gasteiger partial charge is 1.00 e. The first-order valence-corrected chi connectivity index (χ1v) is 6.16. The molecule has 2 radical (unpaired) electrons. The van der Waals surface area contributed by atoms with Crippen molar-refractivity contribution in [3.8, 4) is 0 Å². The van der Waals surface area contributed by atoms with E-state index in [0.29, 0.717) is 0 Å². The van der Waals surface area contributed by atoms with Gasteiger partial charge < -0.3 is 24.8 Å². The molecule has 3 heteroatoms. The Kier molecular flexibility index (Phi) is 35.3. The minimum absolute atomic E-state index is 0. The molecule has 0 atom stereocenters. The molecule has 0 saturated heterocycles. The molecule has 0 fully saturated rings. The zero-order valence-electron chi connectivity index (χ0n) is 4.67. The van der Waals surface area contributed by atoms with Crippen LogP contribution in [-0.4, -0.2) is 21.1 Å². The summed E-state index contributed by atoms with van der Waals surface area (Å²) in [5.74, 6) is 0. The largest absolute Gasteiger partial charge is 1.00 e. The van der Waals surface area contributed by atoms with Crippen molar-refractivity contribution < 1.29 is 24.8 Å². The molecule has 0 nitrogen and oxygen atoms in total. The van der Waals surface area contributed by atoms with Gasteiger partial charge in [0.1, 0.15) is 0 Å². The Labute approximate surface area is 68.5 Å². The van der Waals surface area contributed by atoms with Crippen molar-refractivity contribution in [2.24, 2.45) is 0 Å².